The van der Waals surface area contributed by atoms with E-state index < -0.39 is 0 Å². The minimum Gasteiger partial charge on any atom is -0.496 e. The standard InChI is InChI=1S/C17H19BrClNO/c1-4-20-17(13-7-5-11(2)9-15(13)19)12-6-8-16(21-3)14(18)10-12/h5-10,17,20H,4H2,1-3H3. The highest BCUT2D eigenvalue weighted by atomic mass is 79.9. The second kappa shape index (κ2) is 7.30. The van der Waals surface area contributed by atoms with E-state index in [2.05, 4.69) is 52.4 Å². The lowest BCUT2D eigenvalue weighted by atomic mass is 9.97. The molecule has 2 rings (SSSR count). The number of nitrogens with one attached hydrogen (secondary N) is 1. The van der Waals surface area contributed by atoms with Crippen LogP contribution in [0.15, 0.2) is 40.9 Å². The number of halogens is 2. The summed E-state index contributed by atoms with van der Waals surface area (Å²) in [7, 11) is 1.67. The lowest BCUT2D eigenvalue weighted by Crippen LogP contribution is -2.22. The smallest absolute Gasteiger partial charge is 0.133 e. The van der Waals surface area contributed by atoms with Crippen molar-refractivity contribution < 1.29 is 4.74 Å². The Hall–Kier alpha value is -1.03. The van der Waals surface area contributed by atoms with Crippen molar-refractivity contribution in [3.8, 4) is 5.75 Å². The van der Waals surface area contributed by atoms with Gasteiger partial charge in [-0.25, -0.2) is 0 Å². The Morgan fingerprint density at radius 1 is 1.24 bits per heavy atom. The van der Waals surface area contributed by atoms with Gasteiger partial charge in [0.15, 0.2) is 0 Å². The Morgan fingerprint density at radius 2 is 2.00 bits per heavy atom. The Labute approximate surface area is 139 Å². The Kier molecular flexibility index (Phi) is 5.68. The summed E-state index contributed by atoms with van der Waals surface area (Å²) < 4.78 is 6.23. The molecular weight excluding hydrogens is 350 g/mol. The van der Waals surface area contributed by atoms with Crippen LogP contribution in [0.4, 0.5) is 0 Å². The van der Waals surface area contributed by atoms with Crippen LogP contribution in [-0.4, -0.2) is 13.7 Å². The molecule has 21 heavy (non-hydrogen) atoms. The number of aryl methyl sites for hydroxylation is 1. The minimum atomic E-state index is 0.0605. The molecule has 1 N–H and O–H groups in total. The molecule has 112 valence electrons. The third-order valence-electron chi connectivity index (χ3n) is 3.38. The molecular formula is C17H19BrClNO. The number of methoxy groups -OCH3 is 1. The Morgan fingerprint density at radius 3 is 2.57 bits per heavy atom. The van der Waals surface area contributed by atoms with Crippen LogP contribution in [0.3, 0.4) is 0 Å². The van der Waals surface area contributed by atoms with E-state index in [0.717, 1.165) is 38.5 Å². The van der Waals surface area contributed by atoms with E-state index in [1.54, 1.807) is 7.11 Å². The monoisotopic (exact) mass is 367 g/mol. The predicted molar refractivity (Wildman–Crippen MR) is 92.4 cm³/mol. The quantitative estimate of drug-likeness (QED) is 0.791. The zero-order valence-electron chi connectivity index (χ0n) is 12.4. The zero-order chi connectivity index (χ0) is 15.4. The highest BCUT2D eigenvalue weighted by Gasteiger charge is 2.17. The van der Waals surface area contributed by atoms with Crippen molar-refractivity contribution in [1.29, 1.82) is 0 Å². The number of hydrogen-bond donors (Lipinski definition) is 1. The van der Waals surface area contributed by atoms with Crippen LogP contribution in [0.5, 0.6) is 5.75 Å². The molecule has 2 nitrogen and oxygen atoms in total. The first kappa shape index (κ1) is 16.3. The first-order valence-corrected chi connectivity index (χ1v) is 8.06. The van der Waals surface area contributed by atoms with Gasteiger partial charge in [-0.2, -0.15) is 0 Å². The number of rotatable bonds is 5. The van der Waals surface area contributed by atoms with Gasteiger partial charge in [0.25, 0.3) is 0 Å². The first-order valence-electron chi connectivity index (χ1n) is 6.89. The third kappa shape index (κ3) is 3.79. The summed E-state index contributed by atoms with van der Waals surface area (Å²) in [5, 5.41) is 4.28. The molecule has 1 unspecified atom stereocenters. The SMILES string of the molecule is CCNC(c1ccc(OC)c(Br)c1)c1ccc(C)cc1Cl. The lowest BCUT2D eigenvalue weighted by molar-refractivity contribution is 0.412. The Bertz CT molecular complexity index is 630. The van der Waals surface area contributed by atoms with Crippen LogP contribution in [-0.2, 0) is 0 Å². The normalized spacial score (nSPS) is 12.2. The van der Waals surface area contributed by atoms with Crippen molar-refractivity contribution in [2.75, 3.05) is 13.7 Å². The molecule has 2 aromatic carbocycles. The molecule has 0 aliphatic rings. The van der Waals surface area contributed by atoms with Gasteiger partial charge >= 0.3 is 0 Å². The largest absolute Gasteiger partial charge is 0.496 e. The van der Waals surface area contributed by atoms with Crippen molar-refractivity contribution >= 4 is 27.5 Å². The molecule has 1 atom stereocenters. The number of hydrogen-bond acceptors (Lipinski definition) is 2. The van der Waals surface area contributed by atoms with E-state index in [0.29, 0.717) is 0 Å². The van der Waals surface area contributed by atoms with Crippen LogP contribution in [0.1, 0.15) is 29.7 Å². The van der Waals surface area contributed by atoms with Crippen LogP contribution in [0.2, 0.25) is 5.02 Å². The van der Waals surface area contributed by atoms with Crippen LogP contribution < -0.4 is 10.1 Å². The van der Waals surface area contributed by atoms with Gasteiger partial charge in [0.1, 0.15) is 5.75 Å². The first-order chi connectivity index (χ1) is 10.1. The van der Waals surface area contributed by atoms with Crippen molar-refractivity contribution in [3.63, 3.8) is 0 Å². The van der Waals surface area contributed by atoms with Gasteiger partial charge in [0, 0.05) is 5.02 Å². The molecule has 0 aromatic heterocycles. The topological polar surface area (TPSA) is 21.3 Å². The van der Waals surface area contributed by atoms with Crippen molar-refractivity contribution in [3.05, 3.63) is 62.6 Å². The average Bonchev–Trinajstić information content (AvgIpc) is 2.45. The molecule has 4 heteroatoms. The maximum Gasteiger partial charge on any atom is 0.133 e. The molecule has 0 fully saturated rings. The summed E-state index contributed by atoms with van der Waals surface area (Å²) in [5.41, 5.74) is 3.39. The highest BCUT2D eigenvalue weighted by molar-refractivity contribution is 9.10. The van der Waals surface area contributed by atoms with Gasteiger partial charge < -0.3 is 10.1 Å². The predicted octanol–water partition coefficient (Wildman–Crippen LogP) is 5.12. The molecule has 0 saturated carbocycles. The van der Waals surface area contributed by atoms with E-state index in [9.17, 15) is 0 Å². The third-order valence-corrected chi connectivity index (χ3v) is 4.33. The maximum atomic E-state index is 6.43. The van der Waals surface area contributed by atoms with Crippen LogP contribution >= 0.6 is 27.5 Å². The molecule has 0 amide bonds. The molecule has 0 radical (unpaired) electrons. The van der Waals surface area contributed by atoms with Gasteiger partial charge in [0.2, 0.25) is 0 Å². The number of ether oxygens (including phenoxy) is 1. The molecule has 0 aliphatic heterocycles. The minimum absolute atomic E-state index is 0.0605. The van der Waals surface area contributed by atoms with E-state index in [1.807, 2.05) is 19.1 Å². The zero-order valence-corrected chi connectivity index (χ0v) is 14.8. The fourth-order valence-electron chi connectivity index (χ4n) is 2.34. The van der Waals surface area contributed by atoms with Crippen LogP contribution in [0.25, 0.3) is 0 Å². The second-order valence-corrected chi connectivity index (χ2v) is 6.17. The van der Waals surface area contributed by atoms with Gasteiger partial charge in [-0.15, -0.1) is 0 Å². The van der Waals surface area contributed by atoms with E-state index in [1.165, 1.54) is 0 Å². The van der Waals surface area contributed by atoms with E-state index >= 15 is 0 Å². The highest BCUT2D eigenvalue weighted by Crippen LogP contribution is 2.33. The summed E-state index contributed by atoms with van der Waals surface area (Å²) in [4.78, 5) is 0. The van der Waals surface area contributed by atoms with Gasteiger partial charge in [-0.05, 0) is 64.3 Å². The summed E-state index contributed by atoms with van der Waals surface area (Å²) in [5.74, 6) is 0.823. The van der Waals surface area contributed by atoms with E-state index in [4.69, 9.17) is 16.3 Å². The van der Waals surface area contributed by atoms with Gasteiger partial charge in [-0.1, -0.05) is 36.7 Å². The maximum absolute atomic E-state index is 6.43. The number of benzene rings is 2. The fraction of sp³-hybridized carbons (Fsp3) is 0.294. The van der Waals surface area contributed by atoms with Crippen molar-refractivity contribution in [1.82, 2.24) is 5.32 Å². The molecule has 0 heterocycles. The Balaban J connectivity index is 2.45. The van der Waals surface area contributed by atoms with Gasteiger partial charge in [0.05, 0.1) is 17.6 Å². The molecule has 0 bridgehead atoms. The van der Waals surface area contributed by atoms with Crippen molar-refractivity contribution in [2.24, 2.45) is 0 Å². The van der Waals surface area contributed by atoms with Gasteiger partial charge in [-0.3, -0.25) is 0 Å². The van der Waals surface area contributed by atoms with E-state index in [-0.39, 0.29) is 6.04 Å². The summed E-state index contributed by atoms with van der Waals surface area (Å²) in [6.45, 7) is 4.99. The summed E-state index contributed by atoms with van der Waals surface area (Å²) in [6.07, 6.45) is 0. The summed E-state index contributed by atoms with van der Waals surface area (Å²) in [6, 6.07) is 12.3. The molecule has 0 aliphatic carbocycles. The van der Waals surface area contributed by atoms with Crippen molar-refractivity contribution in [2.45, 2.75) is 19.9 Å². The average molecular weight is 369 g/mol. The second-order valence-electron chi connectivity index (χ2n) is 4.91. The molecule has 2 aromatic rings. The lowest BCUT2D eigenvalue weighted by Gasteiger charge is -2.21. The molecule has 0 saturated heterocycles. The van der Waals surface area contributed by atoms with Crippen LogP contribution in [0, 0.1) is 6.92 Å². The molecule has 0 spiro atoms. The fourth-order valence-corrected chi connectivity index (χ4v) is 3.24. The summed E-state index contributed by atoms with van der Waals surface area (Å²) >= 11 is 9.98.